The lowest BCUT2D eigenvalue weighted by molar-refractivity contribution is -0.118. The molecule has 0 fully saturated rings. The van der Waals surface area contributed by atoms with Gasteiger partial charge in [-0.3, -0.25) is 4.79 Å². The van der Waals surface area contributed by atoms with Gasteiger partial charge in [-0.2, -0.15) is 0 Å². The van der Waals surface area contributed by atoms with Crippen LogP contribution < -0.4 is 26.4 Å². The Hall–Kier alpha value is -3.98. The van der Waals surface area contributed by atoms with Crippen LogP contribution in [0.1, 0.15) is 30.4 Å². The highest BCUT2D eigenvalue weighted by molar-refractivity contribution is 5.99. The zero-order chi connectivity index (χ0) is 25.9. The Morgan fingerprint density at radius 2 is 1.50 bits per heavy atom. The van der Waals surface area contributed by atoms with E-state index in [0.29, 0.717) is 42.1 Å². The quantitative estimate of drug-likeness (QED) is 0.277. The number of ether oxygens (including phenoxy) is 1. The summed E-state index contributed by atoms with van der Waals surface area (Å²) in [7, 11) is 0. The van der Waals surface area contributed by atoms with Gasteiger partial charge in [-0.15, -0.1) is 0 Å². The third kappa shape index (κ3) is 8.66. The van der Waals surface area contributed by atoms with E-state index in [4.69, 9.17) is 10.5 Å². The van der Waals surface area contributed by atoms with E-state index < -0.39 is 23.7 Å². The molecule has 3 aromatic rings. The number of aryl methyl sites for hydroxylation is 1. The van der Waals surface area contributed by atoms with Crippen LogP contribution in [0.3, 0.4) is 0 Å². The molecule has 3 aromatic carbocycles. The maximum atomic E-state index is 13.3. The number of carbonyl (C=O) groups excluding carboxylic acids is 2. The molecule has 0 radical (unpaired) electrons. The zero-order valence-corrected chi connectivity index (χ0v) is 20.0. The van der Waals surface area contributed by atoms with Crippen LogP contribution in [0.15, 0.2) is 66.7 Å². The minimum absolute atomic E-state index is 0.0114. The molecule has 0 heterocycles. The number of unbranched alkanes of at least 4 members (excludes halogenated alkanes) is 1. The van der Waals surface area contributed by atoms with E-state index in [0.717, 1.165) is 18.1 Å². The first-order valence-electron chi connectivity index (χ1n) is 11.7. The molecule has 3 rings (SSSR count). The third-order valence-corrected chi connectivity index (χ3v) is 5.33. The summed E-state index contributed by atoms with van der Waals surface area (Å²) >= 11 is 0. The number of amides is 3. The highest BCUT2D eigenvalue weighted by Crippen LogP contribution is 2.18. The Balaban J connectivity index is 1.55. The molecule has 1 atom stereocenters. The van der Waals surface area contributed by atoms with Gasteiger partial charge in [-0.05, 0) is 86.8 Å². The number of hydrogen-bond acceptors (Lipinski definition) is 4. The Morgan fingerprint density at radius 3 is 2.14 bits per heavy atom. The number of nitrogens with one attached hydrogen (secondary N) is 3. The van der Waals surface area contributed by atoms with Gasteiger partial charge < -0.3 is 26.4 Å². The maximum absolute atomic E-state index is 13.3. The molecule has 0 unspecified atom stereocenters. The van der Waals surface area contributed by atoms with E-state index in [1.807, 2.05) is 19.1 Å². The summed E-state index contributed by atoms with van der Waals surface area (Å²) in [5, 5.41) is 8.25. The second-order valence-electron chi connectivity index (χ2n) is 8.38. The van der Waals surface area contributed by atoms with Crippen LogP contribution in [0.4, 0.5) is 25.0 Å². The van der Waals surface area contributed by atoms with Crippen LogP contribution in [-0.2, 0) is 11.4 Å². The Morgan fingerprint density at radius 1 is 0.889 bits per heavy atom. The Labute approximate surface area is 209 Å². The molecule has 0 spiro atoms. The number of carbonyl (C=O) groups is 2. The van der Waals surface area contributed by atoms with E-state index in [2.05, 4.69) is 16.0 Å². The van der Waals surface area contributed by atoms with E-state index in [1.54, 1.807) is 36.4 Å². The second-order valence-corrected chi connectivity index (χ2v) is 8.38. The lowest BCUT2D eigenvalue weighted by atomic mass is 10.1. The van der Waals surface area contributed by atoms with Crippen LogP contribution in [0.25, 0.3) is 0 Å². The van der Waals surface area contributed by atoms with Crippen molar-refractivity contribution in [2.24, 2.45) is 5.73 Å². The van der Waals surface area contributed by atoms with Crippen LogP contribution in [0, 0.1) is 18.6 Å². The predicted molar refractivity (Wildman–Crippen MR) is 136 cm³/mol. The van der Waals surface area contributed by atoms with E-state index in [9.17, 15) is 18.4 Å². The van der Waals surface area contributed by atoms with Crippen LogP contribution in [-0.4, -0.2) is 24.5 Å². The molecule has 0 aliphatic carbocycles. The third-order valence-electron chi connectivity index (χ3n) is 5.33. The normalized spacial score (nSPS) is 11.4. The van der Waals surface area contributed by atoms with Crippen molar-refractivity contribution in [2.45, 2.75) is 38.8 Å². The molecule has 0 aliphatic heterocycles. The van der Waals surface area contributed by atoms with Gasteiger partial charge in [0.05, 0.1) is 0 Å². The highest BCUT2D eigenvalue weighted by Gasteiger charge is 2.20. The molecule has 3 amide bonds. The first kappa shape index (κ1) is 26.6. The molecule has 7 nitrogen and oxygen atoms in total. The van der Waals surface area contributed by atoms with Gasteiger partial charge in [-0.25, -0.2) is 13.6 Å². The first-order valence-corrected chi connectivity index (χ1v) is 11.7. The van der Waals surface area contributed by atoms with Crippen molar-refractivity contribution in [1.29, 1.82) is 0 Å². The van der Waals surface area contributed by atoms with E-state index in [1.165, 1.54) is 12.1 Å². The summed E-state index contributed by atoms with van der Waals surface area (Å²) in [6.07, 6.45) is 1.86. The average molecular weight is 497 g/mol. The van der Waals surface area contributed by atoms with Crippen molar-refractivity contribution in [1.82, 2.24) is 5.32 Å². The summed E-state index contributed by atoms with van der Waals surface area (Å²) in [6, 6.07) is 15.8. The molecule has 0 aliphatic rings. The van der Waals surface area contributed by atoms with Crippen molar-refractivity contribution in [3.8, 4) is 5.75 Å². The number of urea groups is 1. The molecular weight excluding hydrogens is 466 g/mol. The summed E-state index contributed by atoms with van der Waals surface area (Å²) in [4.78, 5) is 25.4. The summed E-state index contributed by atoms with van der Waals surface area (Å²) in [5.74, 6) is -1.20. The highest BCUT2D eigenvalue weighted by atomic mass is 19.1. The van der Waals surface area contributed by atoms with Crippen LogP contribution >= 0.6 is 0 Å². The van der Waals surface area contributed by atoms with Gasteiger partial charge in [0.2, 0.25) is 5.91 Å². The molecule has 9 heteroatoms. The van der Waals surface area contributed by atoms with E-state index >= 15 is 0 Å². The molecule has 0 saturated heterocycles. The van der Waals surface area contributed by atoms with E-state index in [-0.39, 0.29) is 12.5 Å². The molecule has 0 bridgehead atoms. The standard InChI is InChI=1S/C27H30F2N4O3/c1-18-5-7-22(8-6-18)31-26(34)25(4-2-3-13-30)33-27(35)32-23-9-11-24(12-10-23)36-17-19-14-20(28)16-21(29)15-19/h5-12,14-16,25H,2-4,13,17,30H2,1H3,(H,31,34)(H2,32,33,35)/t25-/m0/s1. The predicted octanol–water partition coefficient (Wildman–Crippen LogP) is 5.11. The molecule has 5 N–H and O–H groups in total. The number of anilines is 2. The smallest absolute Gasteiger partial charge is 0.319 e. The fourth-order valence-electron chi connectivity index (χ4n) is 3.45. The van der Waals surface area contributed by atoms with Crippen LogP contribution in [0.5, 0.6) is 5.75 Å². The van der Waals surface area contributed by atoms with Crippen molar-refractivity contribution < 1.29 is 23.1 Å². The molecule has 0 saturated carbocycles. The maximum Gasteiger partial charge on any atom is 0.319 e. The first-order chi connectivity index (χ1) is 17.3. The summed E-state index contributed by atoms with van der Waals surface area (Å²) in [5.41, 5.74) is 8.13. The summed E-state index contributed by atoms with van der Waals surface area (Å²) in [6.45, 7) is 2.45. The number of benzene rings is 3. The Kier molecular flexibility index (Phi) is 9.76. The number of hydrogen-bond donors (Lipinski definition) is 4. The van der Waals surface area contributed by atoms with Gasteiger partial charge in [0.25, 0.3) is 0 Å². The number of nitrogens with two attached hydrogens (primary N) is 1. The van der Waals surface area contributed by atoms with Gasteiger partial charge in [-0.1, -0.05) is 17.7 Å². The number of rotatable bonds is 11. The largest absolute Gasteiger partial charge is 0.489 e. The lowest BCUT2D eigenvalue weighted by Crippen LogP contribution is -2.45. The summed E-state index contributed by atoms with van der Waals surface area (Å²) < 4.78 is 32.2. The molecule has 36 heavy (non-hydrogen) atoms. The Bertz CT molecular complexity index is 1130. The van der Waals surface area contributed by atoms with Crippen molar-refractivity contribution in [3.63, 3.8) is 0 Å². The fourth-order valence-corrected chi connectivity index (χ4v) is 3.45. The monoisotopic (exact) mass is 496 g/mol. The minimum Gasteiger partial charge on any atom is -0.489 e. The average Bonchev–Trinajstić information content (AvgIpc) is 2.84. The van der Waals surface area contributed by atoms with Gasteiger partial charge in [0.15, 0.2) is 0 Å². The molecule has 0 aromatic heterocycles. The molecule has 190 valence electrons. The van der Waals surface area contributed by atoms with Crippen molar-refractivity contribution in [3.05, 3.63) is 89.5 Å². The SMILES string of the molecule is Cc1ccc(NC(=O)[C@H](CCCCN)NC(=O)Nc2ccc(OCc3cc(F)cc(F)c3)cc2)cc1. The van der Waals surface area contributed by atoms with Crippen molar-refractivity contribution in [2.75, 3.05) is 17.2 Å². The number of halogens is 2. The van der Waals surface area contributed by atoms with Crippen molar-refractivity contribution >= 4 is 23.3 Å². The molecular formula is C27H30F2N4O3. The lowest BCUT2D eigenvalue weighted by Gasteiger charge is -2.19. The zero-order valence-electron chi connectivity index (χ0n) is 20.0. The topological polar surface area (TPSA) is 105 Å². The van der Waals surface area contributed by atoms with Gasteiger partial charge >= 0.3 is 6.03 Å². The van der Waals surface area contributed by atoms with Gasteiger partial charge in [0, 0.05) is 17.4 Å². The van der Waals surface area contributed by atoms with Gasteiger partial charge in [0.1, 0.15) is 30.0 Å². The van der Waals surface area contributed by atoms with Crippen LogP contribution in [0.2, 0.25) is 0 Å². The fraction of sp³-hybridized carbons (Fsp3) is 0.259. The minimum atomic E-state index is -0.743. The second kappa shape index (κ2) is 13.2.